The van der Waals surface area contributed by atoms with E-state index in [1.54, 1.807) is 24.7 Å². The van der Waals surface area contributed by atoms with Gasteiger partial charge in [0.05, 0.1) is 18.5 Å². The number of rotatable bonds is 8. The van der Waals surface area contributed by atoms with Gasteiger partial charge in [-0.2, -0.15) is 0 Å². The van der Waals surface area contributed by atoms with Gasteiger partial charge in [-0.05, 0) is 42.6 Å². The number of likely N-dealkylation sites (N-methyl/N-ethyl adjacent to an activating group) is 1. The molecule has 2 N–H and O–H groups in total. The number of thiophene rings is 1. The summed E-state index contributed by atoms with van der Waals surface area (Å²) in [6.07, 6.45) is 1.67. The predicted molar refractivity (Wildman–Crippen MR) is 102 cm³/mol. The summed E-state index contributed by atoms with van der Waals surface area (Å²) in [5.74, 6) is 1.36. The molecular weight excluding hydrogens is 350 g/mol. The van der Waals surface area contributed by atoms with Gasteiger partial charge in [-0.3, -0.25) is 4.79 Å². The summed E-state index contributed by atoms with van der Waals surface area (Å²) in [5, 5.41) is 4.91. The van der Waals surface area contributed by atoms with Crippen molar-refractivity contribution in [2.24, 2.45) is 0 Å². The van der Waals surface area contributed by atoms with Crippen LogP contribution >= 0.6 is 11.3 Å². The van der Waals surface area contributed by atoms with Crippen molar-refractivity contribution in [3.8, 4) is 16.5 Å². The van der Waals surface area contributed by atoms with E-state index in [0.29, 0.717) is 19.0 Å². The van der Waals surface area contributed by atoms with Crippen LogP contribution in [0, 0.1) is 0 Å². The number of benzene rings is 1. The molecule has 3 rings (SSSR count). The van der Waals surface area contributed by atoms with Crippen LogP contribution in [-0.2, 0) is 11.3 Å². The average Bonchev–Trinajstić information content (AvgIpc) is 3.33. The fourth-order valence-electron chi connectivity index (χ4n) is 2.58. The van der Waals surface area contributed by atoms with Crippen LogP contribution in [0.5, 0.6) is 5.75 Å². The number of amides is 1. The molecule has 2 aromatic heterocycles. The summed E-state index contributed by atoms with van der Waals surface area (Å²) in [5.41, 5.74) is 1.61. The monoisotopic (exact) mass is 372 g/mol. The number of nitrogens with zero attached hydrogens (tertiary/aromatic N) is 1. The van der Waals surface area contributed by atoms with Gasteiger partial charge in [-0.25, -0.2) is 4.98 Å². The molecule has 6 nitrogen and oxygen atoms in total. The SMILES string of the molecule is CC[NH+](CC(=O)Nc1ccc(OC)cc1)Cc1coc(-c2cccs2)n1. The first kappa shape index (κ1) is 18.2. The number of oxazole rings is 1. The van der Waals surface area contributed by atoms with Crippen LogP contribution in [0.4, 0.5) is 5.69 Å². The van der Waals surface area contributed by atoms with Crippen LogP contribution < -0.4 is 15.0 Å². The smallest absolute Gasteiger partial charge is 0.279 e. The molecule has 7 heteroatoms. The van der Waals surface area contributed by atoms with E-state index >= 15 is 0 Å². The Bertz CT molecular complexity index is 828. The molecule has 0 radical (unpaired) electrons. The minimum atomic E-state index is -0.0333. The highest BCUT2D eigenvalue weighted by Crippen LogP contribution is 2.23. The first-order valence-electron chi connectivity index (χ1n) is 8.43. The number of nitrogens with one attached hydrogen (secondary N) is 2. The predicted octanol–water partition coefficient (Wildman–Crippen LogP) is 2.46. The Morgan fingerprint density at radius 1 is 1.31 bits per heavy atom. The minimum absolute atomic E-state index is 0.0333. The lowest BCUT2D eigenvalue weighted by atomic mass is 10.3. The molecule has 0 saturated heterocycles. The zero-order chi connectivity index (χ0) is 18.4. The van der Waals surface area contributed by atoms with Crippen LogP contribution in [-0.4, -0.2) is 31.1 Å². The van der Waals surface area contributed by atoms with Crippen LogP contribution in [0.2, 0.25) is 0 Å². The molecule has 3 aromatic rings. The largest absolute Gasteiger partial charge is 0.497 e. The zero-order valence-electron chi connectivity index (χ0n) is 14.8. The van der Waals surface area contributed by atoms with Gasteiger partial charge in [0.25, 0.3) is 5.91 Å². The summed E-state index contributed by atoms with van der Waals surface area (Å²) in [6, 6.07) is 11.2. The first-order valence-corrected chi connectivity index (χ1v) is 9.31. The van der Waals surface area contributed by atoms with Gasteiger partial charge >= 0.3 is 0 Å². The van der Waals surface area contributed by atoms with Gasteiger partial charge in [0.1, 0.15) is 24.3 Å². The second-order valence-corrected chi connectivity index (χ2v) is 6.80. The molecule has 0 aliphatic heterocycles. The normalized spacial score (nSPS) is 11.9. The number of quaternary nitrogens is 1. The maximum Gasteiger partial charge on any atom is 0.279 e. The van der Waals surface area contributed by atoms with Gasteiger partial charge in [0.15, 0.2) is 6.54 Å². The van der Waals surface area contributed by atoms with E-state index in [0.717, 1.165) is 33.5 Å². The molecule has 136 valence electrons. The van der Waals surface area contributed by atoms with Gasteiger partial charge in [-0.15, -0.1) is 11.3 Å². The molecule has 0 aliphatic carbocycles. The van der Waals surface area contributed by atoms with E-state index in [-0.39, 0.29) is 5.91 Å². The van der Waals surface area contributed by atoms with E-state index in [9.17, 15) is 4.79 Å². The van der Waals surface area contributed by atoms with Crippen LogP contribution in [0.25, 0.3) is 10.8 Å². The molecule has 0 saturated carbocycles. The van der Waals surface area contributed by atoms with Crippen molar-refractivity contribution < 1.29 is 18.8 Å². The number of ether oxygens (including phenoxy) is 1. The van der Waals surface area contributed by atoms with Gasteiger partial charge < -0.3 is 19.4 Å². The molecule has 1 amide bonds. The van der Waals surface area contributed by atoms with Gasteiger partial charge in [0.2, 0.25) is 5.89 Å². The average molecular weight is 372 g/mol. The summed E-state index contributed by atoms with van der Waals surface area (Å²) >= 11 is 1.59. The van der Waals surface area contributed by atoms with E-state index in [4.69, 9.17) is 9.15 Å². The number of hydrogen-bond donors (Lipinski definition) is 2. The van der Waals surface area contributed by atoms with Crippen LogP contribution in [0.3, 0.4) is 0 Å². The summed E-state index contributed by atoms with van der Waals surface area (Å²) in [4.78, 5) is 19.0. The Hall–Kier alpha value is -2.64. The highest BCUT2D eigenvalue weighted by Gasteiger charge is 2.16. The van der Waals surface area contributed by atoms with E-state index < -0.39 is 0 Å². The Morgan fingerprint density at radius 2 is 2.12 bits per heavy atom. The number of aromatic nitrogens is 1. The third kappa shape index (κ3) is 4.71. The standard InChI is InChI=1S/C19H21N3O3S/c1-3-22(11-15-13-25-19(21-15)17-5-4-10-26-17)12-18(23)20-14-6-8-16(24-2)9-7-14/h4-10,13H,3,11-12H2,1-2H3,(H,20,23)/p+1. The molecule has 0 aliphatic rings. The number of carbonyl (C=O) groups excluding carboxylic acids is 1. The molecule has 0 fully saturated rings. The van der Waals surface area contributed by atoms with E-state index in [1.807, 2.05) is 41.8 Å². The lowest BCUT2D eigenvalue weighted by Crippen LogP contribution is -3.11. The topological polar surface area (TPSA) is 68.8 Å². The third-order valence-electron chi connectivity index (χ3n) is 4.00. The number of hydrogen-bond acceptors (Lipinski definition) is 5. The third-order valence-corrected chi connectivity index (χ3v) is 4.86. The molecule has 1 aromatic carbocycles. The van der Waals surface area contributed by atoms with Gasteiger partial charge in [-0.1, -0.05) is 6.07 Å². The molecule has 0 spiro atoms. The van der Waals surface area contributed by atoms with Crippen molar-refractivity contribution in [3.63, 3.8) is 0 Å². The second-order valence-electron chi connectivity index (χ2n) is 5.86. The van der Waals surface area contributed by atoms with Crippen molar-refractivity contribution in [3.05, 3.63) is 53.7 Å². The lowest BCUT2D eigenvalue weighted by Gasteiger charge is -2.16. The van der Waals surface area contributed by atoms with Gasteiger partial charge in [0, 0.05) is 5.69 Å². The van der Waals surface area contributed by atoms with Crippen LogP contribution in [0.15, 0.2) is 52.5 Å². The van der Waals surface area contributed by atoms with Crippen molar-refractivity contribution in [1.82, 2.24) is 4.98 Å². The summed E-state index contributed by atoms with van der Waals surface area (Å²) in [6.45, 7) is 3.87. The summed E-state index contributed by atoms with van der Waals surface area (Å²) in [7, 11) is 1.61. The molecular formula is C19H22N3O3S+. The molecule has 2 heterocycles. The van der Waals surface area contributed by atoms with Crippen molar-refractivity contribution in [1.29, 1.82) is 0 Å². The molecule has 1 unspecified atom stereocenters. The van der Waals surface area contributed by atoms with Crippen molar-refractivity contribution in [2.45, 2.75) is 13.5 Å². The number of methoxy groups -OCH3 is 1. The number of carbonyl (C=O) groups is 1. The Labute approximate surface area is 156 Å². The second kappa shape index (κ2) is 8.64. The Balaban J connectivity index is 1.56. The zero-order valence-corrected chi connectivity index (χ0v) is 15.6. The number of anilines is 1. The fraction of sp³-hybridized carbons (Fsp3) is 0.263. The van der Waals surface area contributed by atoms with Crippen LogP contribution in [0.1, 0.15) is 12.6 Å². The maximum absolute atomic E-state index is 12.3. The van der Waals surface area contributed by atoms with E-state index in [1.165, 1.54) is 0 Å². The Morgan fingerprint density at radius 3 is 2.77 bits per heavy atom. The highest BCUT2D eigenvalue weighted by molar-refractivity contribution is 7.13. The fourth-order valence-corrected chi connectivity index (χ4v) is 3.23. The quantitative estimate of drug-likeness (QED) is 0.637. The lowest BCUT2D eigenvalue weighted by molar-refractivity contribution is -0.904. The highest BCUT2D eigenvalue weighted by atomic mass is 32.1. The van der Waals surface area contributed by atoms with Crippen molar-refractivity contribution in [2.75, 3.05) is 25.5 Å². The van der Waals surface area contributed by atoms with E-state index in [2.05, 4.69) is 17.2 Å². The molecule has 0 bridgehead atoms. The van der Waals surface area contributed by atoms with Crippen molar-refractivity contribution >= 4 is 22.9 Å². The minimum Gasteiger partial charge on any atom is -0.497 e. The Kier molecular flexibility index (Phi) is 6.04. The molecule has 1 atom stereocenters. The first-order chi connectivity index (χ1) is 12.7. The molecule has 26 heavy (non-hydrogen) atoms. The summed E-state index contributed by atoms with van der Waals surface area (Å²) < 4.78 is 10.7. The maximum atomic E-state index is 12.3.